The second kappa shape index (κ2) is 9.01. The van der Waals surface area contributed by atoms with Gasteiger partial charge in [-0.15, -0.1) is 0 Å². The zero-order valence-electron chi connectivity index (χ0n) is 16.1. The molecule has 1 atom stereocenters. The minimum Gasteiger partial charge on any atom is -0.494 e. The molecule has 2 aromatic carbocycles. The third kappa shape index (κ3) is 5.55. The molecule has 0 aromatic heterocycles. The van der Waals surface area contributed by atoms with Crippen LogP contribution < -0.4 is 14.8 Å². The van der Waals surface area contributed by atoms with Crippen molar-refractivity contribution in [3.63, 3.8) is 0 Å². The number of carbonyl (C=O) groups is 1. The van der Waals surface area contributed by atoms with Crippen molar-refractivity contribution in [2.75, 3.05) is 11.9 Å². The summed E-state index contributed by atoms with van der Waals surface area (Å²) in [7, 11) is -3.83. The average Bonchev–Trinajstić information content (AvgIpc) is 2.63. The Labute approximate surface area is 161 Å². The highest BCUT2D eigenvalue weighted by Crippen LogP contribution is 2.22. The van der Waals surface area contributed by atoms with E-state index in [-0.39, 0.29) is 4.90 Å². The van der Waals surface area contributed by atoms with Gasteiger partial charge in [0.1, 0.15) is 5.75 Å². The van der Waals surface area contributed by atoms with Gasteiger partial charge in [-0.1, -0.05) is 19.1 Å². The molecule has 146 valence electrons. The molecule has 0 unspecified atom stereocenters. The molecule has 0 heterocycles. The van der Waals surface area contributed by atoms with E-state index in [1.807, 2.05) is 26.0 Å². The van der Waals surface area contributed by atoms with Crippen LogP contribution in [0.3, 0.4) is 0 Å². The predicted molar refractivity (Wildman–Crippen MR) is 107 cm³/mol. The number of anilines is 1. The number of ether oxygens (including phenoxy) is 1. The molecule has 0 saturated heterocycles. The first-order chi connectivity index (χ1) is 12.8. The van der Waals surface area contributed by atoms with Gasteiger partial charge in [0.15, 0.2) is 0 Å². The topological polar surface area (TPSA) is 84.5 Å². The Morgan fingerprint density at radius 1 is 1.11 bits per heavy atom. The Morgan fingerprint density at radius 3 is 2.33 bits per heavy atom. The molecule has 2 N–H and O–H groups in total. The van der Waals surface area contributed by atoms with Crippen molar-refractivity contribution in [1.29, 1.82) is 0 Å². The molecule has 1 amide bonds. The van der Waals surface area contributed by atoms with E-state index < -0.39 is 22.0 Å². The van der Waals surface area contributed by atoms with E-state index in [1.165, 1.54) is 19.1 Å². The molecule has 0 spiro atoms. The van der Waals surface area contributed by atoms with Gasteiger partial charge in [0.2, 0.25) is 15.9 Å². The van der Waals surface area contributed by atoms with Crippen LogP contribution in [0.1, 0.15) is 31.9 Å². The van der Waals surface area contributed by atoms with Crippen LogP contribution in [0, 0.1) is 6.92 Å². The van der Waals surface area contributed by atoms with Crippen molar-refractivity contribution in [3.8, 4) is 5.75 Å². The molecule has 0 aliphatic carbocycles. The van der Waals surface area contributed by atoms with Gasteiger partial charge < -0.3 is 10.1 Å². The van der Waals surface area contributed by atoms with Crippen molar-refractivity contribution >= 4 is 21.6 Å². The second-order valence-electron chi connectivity index (χ2n) is 6.24. The zero-order chi connectivity index (χ0) is 20.0. The summed E-state index contributed by atoms with van der Waals surface area (Å²) >= 11 is 0. The van der Waals surface area contributed by atoms with Gasteiger partial charge >= 0.3 is 0 Å². The zero-order valence-corrected chi connectivity index (χ0v) is 16.9. The van der Waals surface area contributed by atoms with Crippen LogP contribution in [-0.2, 0) is 21.2 Å². The first kappa shape index (κ1) is 20.9. The minimum absolute atomic E-state index is 0.0930. The highest BCUT2D eigenvalue weighted by molar-refractivity contribution is 7.89. The first-order valence-corrected chi connectivity index (χ1v) is 10.4. The fourth-order valence-corrected chi connectivity index (χ4v) is 3.82. The summed E-state index contributed by atoms with van der Waals surface area (Å²) in [6.07, 6.45) is 0.909. The van der Waals surface area contributed by atoms with Gasteiger partial charge in [0.25, 0.3) is 0 Å². The van der Waals surface area contributed by atoms with Gasteiger partial charge in [-0.2, -0.15) is 4.72 Å². The van der Waals surface area contributed by atoms with Crippen LogP contribution in [0.5, 0.6) is 5.75 Å². The van der Waals surface area contributed by atoms with E-state index in [4.69, 9.17) is 4.74 Å². The fourth-order valence-electron chi connectivity index (χ4n) is 2.54. The molecule has 0 aliphatic rings. The van der Waals surface area contributed by atoms with E-state index in [0.29, 0.717) is 23.6 Å². The van der Waals surface area contributed by atoms with Crippen LogP contribution in [-0.4, -0.2) is 27.0 Å². The number of carbonyl (C=O) groups excluding carboxylic acids is 1. The first-order valence-electron chi connectivity index (χ1n) is 8.92. The highest BCUT2D eigenvalue weighted by atomic mass is 32.2. The molecule has 0 radical (unpaired) electrons. The van der Waals surface area contributed by atoms with Crippen LogP contribution >= 0.6 is 0 Å². The lowest BCUT2D eigenvalue weighted by molar-refractivity contribution is -0.117. The molecular weight excluding hydrogens is 364 g/mol. The quantitative estimate of drug-likeness (QED) is 0.725. The lowest BCUT2D eigenvalue weighted by atomic mass is 10.1. The Balaban J connectivity index is 2.07. The number of hydrogen-bond acceptors (Lipinski definition) is 4. The molecular formula is C20H26N2O4S. The van der Waals surface area contributed by atoms with Crippen LogP contribution in [0.4, 0.5) is 5.69 Å². The number of sulfonamides is 1. The van der Waals surface area contributed by atoms with Crippen LogP contribution in [0.25, 0.3) is 0 Å². The van der Waals surface area contributed by atoms with Crippen molar-refractivity contribution < 1.29 is 17.9 Å². The molecule has 0 saturated carbocycles. The minimum atomic E-state index is -3.83. The maximum Gasteiger partial charge on any atom is 0.242 e. The lowest BCUT2D eigenvalue weighted by Gasteiger charge is -2.15. The van der Waals surface area contributed by atoms with Gasteiger partial charge in [-0.3, -0.25) is 4.79 Å². The maximum atomic E-state index is 12.6. The Morgan fingerprint density at radius 2 is 1.78 bits per heavy atom. The lowest BCUT2D eigenvalue weighted by Crippen LogP contribution is -2.41. The summed E-state index contributed by atoms with van der Waals surface area (Å²) in [6, 6.07) is 11.1. The van der Waals surface area contributed by atoms with E-state index >= 15 is 0 Å². The van der Waals surface area contributed by atoms with Gasteiger partial charge in [-0.05, 0) is 68.7 Å². The van der Waals surface area contributed by atoms with Crippen LogP contribution in [0.15, 0.2) is 47.4 Å². The number of rotatable bonds is 8. The standard InChI is InChI=1S/C20H26N2O4S/c1-5-16-7-9-17(10-8-16)21-20(23)15(4)22-27(24,25)18-11-12-19(26-6-2)14(3)13-18/h7-13,15,22H,5-6H2,1-4H3,(H,21,23)/t15-/m0/s1. The van der Waals surface area contributed by atoms with Gasteiger partial charge in [-0.25, -0.2) is 8.42 Å². The average molecular weight is 391 g/mol. The normalized spacial score (nSPS) is 12.4. The Kier molecular flexibility index (Phi) is 6.98. The molecule has 2 aromatic rings. The molecule has 0 aliphatic heterocycles. The maximum absolute atomic E-state index is 12.6. The number of nitrogens with one attached hydrogen (secondary N) is 2. The fraction of sp³-hybridized carbons (Fsp3) is 0.350. The van der Waals surface area contributed by atoms with Crippen molar-refractivity contribution in [1.82, 2.24) is 4.72 Å². The summed E-state index contributed by atoms with van der Waals surface area (Å²) in [5.41, 5.74) is 2.50. The molecule has 0 fully saturated rings. The molecule has 2 rings (SSSR count). The summed E-state index contributed by atoms with van der Waals surface area (Å²) < 4.78 is 33.0. The number of aryl methyl sites for hydroxylation is 2. The van der Waals surface area contributed by atoms with Crippen LogP contribution in [0.2, 0.25) is 0 Å². The number of amides is 1. The predicted octanol–water partition coefficient (Wildman–Crippen LogP) is 3.26. The Hall–Kier alpha value is -2.38. The number of hydrogen-bond donors (Lipinski definition) is 2. The number of benzene rings is 2. The summed E-state index contributed by atoms with van der Waals surface area (Å²) in [5, 5.41) is 2.72. The molecule has 7 heteroatoms. The van der Waals surface area contributed by atoms with E-state index in [9.17, 15) is 13.2 Å². The SMILES string of the molecule is CCOc1ccc(S(=O)(=O)N[C@@H](C)C(=O)Nc2ccc(CC)cc2)cc1C. The third-order valence-electron chi connectivity index (χ3n) is 4.11. The van der Waals surface area contributed by atoms with E-state index in [0.717, 1.165) is 12.0 Å². The van der Waals surface area contributed by atoms with E-state index in [1.54, 1.807) is 25.1 Å². The summed E-state index contributed by atoms with van der Waals surface area (Å²) in [5.74, 6) is 0.211. The summed E-state index contributed by atoms with van der Waals surface area (Å²) in [4.78, 5) is 12.4. The molecule has 27 heavy (non-hydrogen) atoms. The van der Waals surface area contributed by atoms with Gasteiger partial charge in [0, 0.05) is 5.69 Å². The largest absolute Gasteiger partial charge is 0.494 e. The second-order valence-corrected chi connectivity index (χ2v) is 7.96. The molecule has 6 nitrogen and oxygen atoms in total. The van der Waals surface area contributed by atoms with Crippen molar-refractivity contribution in [3.05, 3.63) is 53.6 Å². The summed E-state index contributed by atoms with van der Waals surface area (Å²) in [6.45, 7) is 7.70. The molecule has 0 bridgehead atoms. The van der Waals surface area contributed by atoms with Crippen molar-refractivity contribution in [2.45, 2.75) is 45.1 Å². The Bertz CT molecular complexity index is 893. The highest BCUT2D eigenvalue weighted by Gasteiger charge is 2.22. The van der Waals surface area contributed by atoms with Gasteiger partial charge in [0.05, 0.1) is 17.5 Å². The van der Waals surface area contributed by atoms with E-state index in [2.05, 4.69) is 10.0 Å². The monoisotopic (exact) mass is 390 g/mol. The third-order valence-corrected chi connectivity index (χ3v) is 5.65. The van der Waals surface area contributed by atoms with Crippen molar-refractivity contribution in [2.24, 2.45) is 0 Å². The smallest absolute Gasteiger partial charge is 0.242 e.